The molecular weight excluding hydrogens is 316 g/mol. The monoisotopic (exact) mass is 334 g/mol. The number of nitrogens with zero attached hydrogens (tertiary/aromatic N) is 1. The maximum atomic E-state index is 13.1. The van der Waals surface area contributed by atoms with Gasteiger partial charge in [0.25, 0.3) is 5.91 Å². The SMILES string of the molecule is CCOc1ccc(N2C(=O)c3ccccc3N[C@H]2c2ccco2)cc1. The molecule has 0 saturated carbocycles. The van der Waals surface area contributed by atoms with Crippen LogP contribution in [0, 0.1) is 0 Å². The van der Waals surface area contributed by atoms with Crippen molar-refractivity contribution in [1.29, 1.82) is 0 Å². The quantitative estimate of drug-likeness (QED) is 0.766. The first-order chi connectivity index (χ1) is 12.3. The summed E-state index contributed by atoms with van der Waals surface area (Å²) in [4.78, 5) is 14.9. The second-order valence-electron chi connectivity index (χ2n) is 5.71. The molecule has 1 atom stereocenters. The van der Waals surface area contributed by atoms with Gasteiger partial charge in [-0.3, -0.25) is 9.69 Å². The first-order valence-electron chi connectivity index (χ1n) is 8.23. The van der Waals surface area contributed by atoms with Crippen LogP contribution in [0.15, 0.2) is 71.3 Å². The number of benzene rings is 2. The van der Waals surface area contributed by atoms with E-state index in [0.29, 0.717) is 17.9 Å². The molecule has 5 heteroatoms. The van der Waals surface area contributed by atoms with E-state index in [2.05, 4.69) is 5.32 Å². The number of para-hydroxylation sites is 1. The fraction of sp³-hybridized carbons (Fsp3) is 0.150. The van der Waals surface area contributed by atoms with Gasteiger partial charge in [0, 0.05) is 11.4 Å². The van der Waals surface area contributed by atoms with Gasteiger partial charge >= 0.3 is 0 Å². The Kier molecular flexibility index (Phi) is 3.90. The Labute approximate surface area is 145 Å². The third-order valence-corrected chi connectivity index (χ3v) is 4.17. The second-order valence-corrected chi connectivity index (χ2v) is 5.71. The van der Waals surface area contributed by atoms with Gasteiger partial charge in [-0.1, -0.05) is 12.1 Å². The molecule has 3 aromatic rings. The lowest BCUT2D eigenvalue weighted by Gasteiger charge is -2.36. The molecule has 1 aromatic heterocycles. The average molecular weight is 334 g/mol. The predicted molar refractivity (Wildman–Crippen MR) is 95.9 cm³/mol. The second kappa shape index (κ2) is 6.36. The van der Waals surface area contributed by atoms with Gasteiger partial charge in [0.1, 0.15) is 11.5 Å². The number of carbonyl (C=O) groups is 1. The van der Waals surface area contributed by atoms with Crippen LogP contribution in [-0.2, 0) is 0 Å². The number of ether oxygens (including phenoxy) is 1. The largest absolute Gasteiger partial charge is 0.494 e. The average Bonchev–Trinajstić information content (AvgIpc) is 3.17. The smallest absolute Gasteiger partial charge is 0.262 e. The number of hydrogen-bond acceptors (Lipinski definition) is 4. The summed E-state index contributed by atoms with van der Waals surface area (Å²) in [5.41, 5.74) is 2.21. The Bertz CT molecular complexity index is 872. The highest BCUT2D eigenvalue weighted by Gasteiger charge is 2.35. The van der Waals surface area contributed by atoms with Crippen molar-refractivity contribution in [3.05, 3.63) is 78.3 Å². The zero-order valence-electron chi connectivity index (χ0n) is 13.8. The molecule has 0 fully saturated rings. The maximum Gasteiger partial charge on any atom is 0.262 e. The van der Waals surface area contributed by atoms with E-state index in [-0.39, 0.29) is 5.91 Å². The van der Waals surface area contributed by atoms with Crippen molar-refractivity contribution < 1.29 is 13.9 Å². The van der Waals surface area contributed by atoms with E-state index in [1.807, 2.05) is 67.6 Å². The number of carbonyl (C=O) groups excluding carboxylic acids is 1. The molecule has 0 unspecified atom stereocenters. The zero-order valence-corrected chi connectivity index (χ0v) is 13.8. The van der Waals surface area contributed by atoms with Gasteiger partial charge in [-0.2, -0.15) is 0 Å². The van der Waals surface area contributed by atoms with E-state index in [4.69, 9.17) is 9.15 Å². The minimum atomic E-state index is -0.407. The highest BCUT2D eigenvalue weighted by Crippen LogP contribution is 2.37. The Morgan fingerprint density at radius 3 is 2.60 bits per heavy atom. The maximum absolute atomic E-state index is 13.1. The molecular formula is C20H18N2O3. The zero-order chi connectivity index (χ0) is 17.2. The summed E-state index contributed by atoms with van der Waals surface area (Å²) in [5.74, 6) is 1.38. The highest BCUT2D eigenvalue weighted by atomic mass is 16.5. The van der Waals surface area contributed by atoms with Gasteiger partial charge in [0.2, 0.25) is 0 Å². The standard InChI is InChI=1S/C20H18N2O3/c1-2-24-15-11-9-14(10-12-15)22-19(18-8-5-13-25-18)21-17-7-4-3-6-16(17)20(22)23/h3-13,19,21H,2H2,1H3/t19-/m1/s1. The molecule has 0 aliphatic carbocycles. The Hall–Kier alpha value is -3.21. The van der Waals surface area contributed by atoms with Gasteiger partial charge < -0.3 is 14.5 Å². The number of nitrogens with one attached hydrogen (secondary N) is 1. The molecule has 0 saturated heterocycles. The molecule has 2 heterocycles. The molecule has 1 amide bonds. The van der Waals surface area contributed by atoms with E-state index in [1.165, 1.54) is 0 Å². The van der Waals surface area contributed by atoms with Crippen LogP contribution in [0.3, 0.4) is 0 Å². The molecule has 4 rings (SSSR count). The molecule has 0 bridgehead atoms. The molecule has 0 radical (unpaired) electrons. The lowest BCUT2D eigenvalue weighted by atomic mass is 10.1. The number of amides is 1. The number of furan rings is 1. The summed E-state index contributed by atoms with van der Waals surface area (Å²) in [6, 6.07) is 18.7. The van der Waals surface area contributed by atoms with E-state index < -0.39 is 6.17 Å². The van der Waals surface area contributed by atoms with E-state index in [0.717, 1.165) is 17.1 Å². The first kappa shape index (κ1) is 15.3. The molecule has 25 heavy (non-hydrogen) atoms. The number of hydrogen-bond donors (Lipinski definition) is 1. The molecule has 0 spiro atoms. The summed E-state index contributed by atoms with van der Waals surface area (Å²) in [5, 5.41) is 3.40. The Morgan fingerprint density at radius 2 is 1.88 bits per heavy atom. The van der Waals surface area contributed by atoms with E-state index in [1.54, 1.807) is 11.2 Å². The van der Waals surface area contributed by atoms with Crippen LogP contribution in [-0.4, -0.2) is 12.5 Å². The fourth-order valence-electron chi connectivity index (χ4n) is 3.04. The fourth-order valence-corrected chi connectivity index (χ4v) is 3.04. The van der Waals surface area contributed by atoms with Crippen LogP contribution in [0.5, 0.6) is 5.75 Å². The van der Waals surface area contributed by atoms with E-state index in [9.17, 15) is 4.79 Å². The van der Waals surface area contributed by atoms with Crippen molar-refractivity contribution >= 4 is 17.3 Å². The minimum absolute atomic E-state index is 0.0695. The third-order valence-electron chi connectivity index (χ3n) is 4.17. The number of anilines is 2. The van der Waals surface area contributed by atoms with Crippen LogP contribution in [0.1, 0.15) is 29.2 Å². The van der Waals surface area contributed by atoms with Crippen molar-refractivity contribution in [3.8, 4) is 5.75 Å². The predicted octanol–water partition coefficient (Wildman–Crippen LogP) is 4.45. The van der Waals surface area contributed by atoms with E-state index >= 15 is 0 Å². The summed E-state index contributed by atoms with van der Waals surface area (Å²) in [6.45, 7) is 2.54. The molecule has 1 N–H and O–H groups in total. The van der Waals surface area contributed by atoms with Crippen LogP contribution in [0.4, 0.5) is 11.4 Å². The topological polar surface area (TPSA) is 54.7 Å². The summed E-state index contributed by atoms with van der Waals surface area (Å²) < 4.78 is 11.1. The van der Waals surface area contributed by atoms with Crippen molar-refractivity contribution in [3.63, 3.8) is 0 Å². The Morgan fingerprint density at radius 1 is 1.08 bits per heavy atom. The van der Waals surface area contributed by atoms with Crippen molar-refractivity contribution in [1.82, 2.24) is 0 Å². The third kappa shape index (κ3) is 2.74. The highest BCUT2D eigenvalue weighted by molar-refractivity contribution is 6.12. The lowest BCUT2D eigenvalue weighted by Crippen LogP contribution is -2.43. The lowest BCUT2D eigenvalue weighted by molar-refractivity contribution is 0.0971. The molecule has 1 aliphatic rings. The van der Waals surface area contributed by atoms with Gasteiger partial charge in [-0.25, -0.2) is 0 Å². The summed E-state index contributed by atoms with van der Waals surface area (Å²) >= 11 is 0. The number of rotatable bonds is 4. The summed E-state index contributed by atoms with van der Waals surface area (Å²) in [6.07, 6.45) is 1.20. The first-order valence-corrected chi connectivity index (χ1v) is 8.23. The normalized spacial score (nSPS) is 16.3. The van der Waals surface area contributed by atoms with Crippen molar-refractivity contribution in [2.45, 2.75) is 13.1 Å². The number of fused-ring (bicyclic) bond motifs is 1. The van der Waals surface area contributed by atoms with Gasteiger partial charge in [-0.15, -0.1) is 0 Å². The molecule has 5 nitrogen and oxygen atoms in total. The van der Waals surface area contributed by atoms with Crippen LogP contribution in [0.2, 0.25) is 0 Å². The minimum Gasteiger partial charge on any atom is -0.494 e. The summed E-state index contributed by atoms with van der Waals surface area (Å²) in [7, 11) is 0. The van der Waals surface area contributed by atoms with Crippen LogP contribution < -0.4 is 15.0 Å². The van der Waals surface area contributed by atoms with Crippen molar-refractivity contribution in [2.24, 2.45) is 0 Å². The van der Waals surface area contributed by atoms with Gasteiger partial charge in [-0.05, 0) is 55.5 Å². The van der Waals surface area contributed by atoms with Gasteiger partial charge in [0.15, 0.2) is 6.17 Å². The molecule has 2 aromatic carbocycles. The molecule has 1 aliphatic heterocycles. The van der Waals surface area contributed by atoms with Gasteiger partial charge in [0.05, 0.1) is 18.4 Å². The molecule has 126 valence electrons. The van der Waals surface area contributed by atoms with Crippen molar-refractivity contribution in [2.75, 3.05) is 16.8 Å². The Balaban J connectivity index is 1.78. The van der Waals surface area contributed by atoms with Crippen LogP contribution >= 0.6 is 0 Å². The van der Waals surface area contributed by atoms with Crippen LogP contribution in [0.25, 0.3) is 0 Å².